The summed E-state index contributed by atoms with van der Waals surface area (Å²) in [6, 6.07) is 1.42. The summed E-state index contributed by atoms with van der Waals surface area (Å²) in [5.41, 5.74) is 1.21. The fourth-order valence-corrected chi connectivity index (χ4v) is 3.36. The number of hydrogen-bond donors (Lipinski definition) is 1. The molecule has 2 atom stereocenters. The standard InChI is InChI=1S/C14H25N3S/c1-10(2)14-16-12(9-18-14)8-15-11-5-6-13(7-11)17(3)4/h9-11,13,15H,5-8H2,1-4H3/t11-,13-/m1/s1. The molecule has 0 radical (unpaired) electrons. The van der Waals surface area contributed by atoms with Crippen LogP contribution in [0.5, 0.6) is 0 Å². The highest BCUT2D eigenvalue weighted by molar-refractivity contribution is 7.09. The van der Waals surface area contributed by atoms with Crippen LogP contribution in [-0.2, 0) is 6.54 Å². The van der Waals surface area contributed by atoms with E-state index in [1.807, 2.05) is 0 Å². The Labute approximate surface area is 115 Å². The number of thiazole rings is 1. The molecule has 0 saturated heterocycles. The van der Waals surface area contributed by atoms with Crippen molar-refractivity contribution in [1.29, 1.82) is 0 Å². The van der Waals surface area contributed by atoms with Gasteiger partial charge in [-0.1, -0.05) is 13.8 Å². The molecule has 1 heterocycles. The Morgan fingerprint density at radius 2 is 2.22 bits per heavy atom. The second-order valence-corrected chi connectivity index (χ2v) is 6.73. The van der Waals surface area contributed by atoms with Gasteiger partial charge < -0.3 is 10.2 Å². The van der Waals surface area contributed by atoms with Gasteiger partial charge in [-0.3, -0.25) is 0 Å². The minimum absolute atomic E-state index is 0.549. The van der Waals surface area contributed by atoms with Crippen LogP contribution in [0.4, 0.5) is 0 Å². The van der Waals surface area contributed by atoms with Gasteiger partial charge in [-0.15, -0.1) is 11.3 Å². The predicted molar refractivity (Wildman–Crippen MR) is 78.2 cm³/mol. The van der Waals surface area contributed by atoms with Gasteiger partial charge in [0.1, 0.15) is 0 Å². The molecule has 1 fully saturated rings. The van der Waals surface area contributed by atoms with Crippen LogP contribution < -0.4 is 5.32 Å². The Kier molecular flexibility index (Phi) is 4.76. The molecule has 2 rings (SSSR count). The molecule has 0 unspecified atom stereocenters. The zero-order chi connectivity index (χ0) is 13.1. The third-order valence-corrected chi connectivity index (χ3v) is 4.96. The number of hydrogen-bond acceptors (Lipinski definition) is 4. The molecule has 1 aliphatic carbocycles. The molecular formula is C14H25N3S. The second kappa shape index (κ2) is 6.13. The van der Waals surface area contributed by atoms with Crippen molar-refractivity contribution in [1.82, 2.24) is 15.2 Å². The average Bonchev–Trinajstić information content (AvgIpc) is 2.95. The highest BCUT2D eigenvalue weighted by Crippen LogP contribution is 2.23. The van der Waals surface area contributed by atoms with E-state index < -0.39 is 0 Å². The first-order valence-electron chi connectivity index (χ1n) is 6.90. The average molecular weight is 267 g/mol. The van der Waals surface area contributed by atoms with E-state index in [0.29, 0.717) is 12.0 Å². The van der Waals surface area contributed by atoms with E-state index in [0.717, 1.165) is 12.6 Å². The SMILES string of the molecule is CC(C)c1nc(CN[C@@H]2CC[C@@H](N(C)C)C2)cs1. The normalized spacial score (nSPS) is 24.3. The molecule has 1 N–H and O–H groups in total. The van der Waals surface area contributed by atoms with Gasteiger partial charge >= 0.3 is 0 Å². The maximum absolute atomic E-state index is 4.67. The summed E-state index contributed by atoms with van der Waals surface area (Å²) >= 11 is 1.79. The van der Waals surface area contributed by atoms with E-state index in [4.69, 9.17) is 0 Å². The van der Waals surface area contributed by atoms with Gasteiger partial charge in [0.25, 0.3) is 0 Å². The van der Waals surface area contributed by atoms with Gasteiger partial charge in [0.05, 0.1) is 10.7 Å². The first-order valence-corrected chi connectivity index (χ1v) is 7.78. The topological polar surface area (TPSA) is 28.2 Å². The summed E-state index contributed by atoms with van der Waals surface area (Å²) in [5.74, 6) is 0.549. The molecule has 1 saturated carbocycles. The molecule has 3 nitrogen and oxygen atoms in total. The van der Waals surface area contributed by atoms with Crippen molar-refractivity contribution in [3.8, 4) is 0 Å². The largest absolute Gasteiger partial charge is 0.308 e. The number of nitrogens with zero attached hydrogens (tertiary/aromatic N) is 2. The maximum Gasteiger partial charge on any atom is 0.0954 e. The molecule has 1 aromatic heterocycles. The Bertz CT molecular complexity index is 373. The third kappa shape index (κ3) is 3.53. The van der Waals surface area contributed by atoms with E-state index in [2.05, 4.69) is 48.5 Å². The zero-order valence-electron chi connectivity index (χ0n) is 11.9. The monoisotopic (exact) mass is 267 g/mol. The number of nitrogens with one attached hydrogen (secondary N) is 1. The molecule has 1 aromatic rings. The molecule has 18 heavy (non-hydrogen) atoms. The van der Waals surface area contributed by atoms with Crippen molar-refractivity contribution < 1.29 is 0 Å². The highest BCUT2D eigenvalue weighted by Gasteiger charge is 2.25. The molecule has 0 aromatic carbocycles. The van der Waals surface area contributed by atoms with E-state index in [1.165, 1.54) is 30.0 Å². The van der Waals surface area contributed by atoms with E-state index in [1.54, 1.807) is 11.3 Å². The molecule has 0 spiro atoms. The Morgan fingerprint density at radius 3 is 2.78 bits per heavy atom. The lowest BCUT2D eigenvalue weighted by molar-refractivity contribution is 0.293. The molecule has 0 amide bonds. The van der Waals surface area contributed by atoms with E-state index in [-0.39, 0.29) is 0 Å². The van der Waals surface area contributed by atoms with Crippen molar-refractivity contribution in [3.05, 3.63) is 16.1 Å². The third-order valence-electron chi connectivity index (χ3n) is 3.77. The van der Waals surface area contributed by atoms with Crippen LogP contribution in [-0.4, -0.2) is 36.1 Å². The van der Waals surface area contributed by atoms with Gasteiger partial charge in [-0.25, -0.2) is 4.98 Å². The van der Waals surface area contributed by atoms with Crippen LogP contribution in [0.15, 0.2) is 5.38 Å². The van der Waals surface area contributed by atoms with Gasteiger partial charge in [0, 0.05) is 29.9 Å². The molecule has 0 bridgehead atoms. The number of rotatable bonds is 5. The van der Waals surface area contributed by atoms with Gasteiger partial charge in [-0.2, -0.15) is 0 Å². The van der Waals surface area contributed by atoms with E-state index >= 15 is 0 Å². The van der Waals surface area contributed by atoms with Crippen LogP contribution in [0.25, 0.3) is 0 Å². The number of aromatic nitrogens is 1. The molecule has 102 valence electrons. The van der Waals surface area contributed by atoms with Crippen molar-refractivity contribution >= 4 is 11.3 Å². The predicted octanol–water partition coefficient (Wildman–Crippen LogP) is 2.84. The van der Waals surface area contributed by atoms with Crippen molar-refractivity contribution in [2.75, 3.05) is 14.1 Å². The van der Waals surface area contributed by atoms with Crippen LogP contribution in [0, 0.1) is 0 Å². The summed E-state index contributed by atoms with van der Waals surface area (Å²) in [5, 5.41) is 7.10. The summed E-state index contributed by atoms with van der Waals surface area (Å²) in [4.78, 5) is 7.02. The van der Waals surface area contributed by atoms with Crippen LogP contribution in [0.3, 0.4) is 0 Å². The van der Waals surface area contributed by atoms with Crippen LogP contribution >= 0.6 is 11.3 Å². The highest BCUT2D eigenvalue weighted by atomic mass is 32.1. The van der Waals surface area contributed by atoms with Crippen molar-refractivity contribution in [2.24, 2.45) is 0 Å². The van der Waals surface area contributed by atoms with Crippen LogP contribution in [0.2, 0.25) is 0 Å². The zero-order valence-corrected chi connectivity index (χ0v) is 12.8. The fourth-order valence-electron chi connectivity index (χ4n) is 2.53. The Hall–Kier alpha value is -0.450. The molecular weight excluding hydrogens is 242 g/mol. The molecule has 4 heteroatoms. The van der Waals surface area contributed by atoms with Crippen LogP contribution in [0.1, 0.15) is 49.7 Å². The van der Waals surface area contributed by atoms with Gasteiger partial charge in [0.2, 0.25) is 0 Å². The smallest absolute Gasteiger partial charge is 0.0954 e. The maximum atomic E-state index is 4.67. The summed E-state index contributed by atoms with van der Waals surface area (Å²) in [7, 11) is 4.37. The summed E-state index contributed by atoms with van der Waals surface area (Å²) in [6.07, 6.45) is 3.89. The molecule has 0 aliphatic heterocycles. The van der Waals surface area contributed by atoms with Crippen molar-refractivity contribution in [2.45, 2.75) is 57.7 Å². The Balaban J connectivity index is 1.78. The minimum atomic E-state index is 0.549. The lowest BCUT2D eigenvalue weighted by Gasteiger charge is -2.19. The first kappa shape index (κ1) is 14.0. The lowest BCUT2D eigenvalue weighted by Crippen LogP contribution is -2.30. The van der Waals surface area contributed by atoms with Crippen molar-refractivity contribution in [3.63, 3.8) is 0 Å². The van der Waals surface area contributed by atoms with E-state index in [9.17, 15) is 0 Å². The quantitative estimate of drug-likeness (QED) is 0.889. The summed E-state index contributed by atoms with van der Waals surface area (Å²) in [6.45, 7) is 5.33. The van der Waals surface area contributed by atoms with Gasteiger partial charge in [0.15, 0.2) is 0 Å². The second-order valence-electron chi connectivity index (χ2n) is 5.84. The minimum Gasteiger partial charge on any atom is -0.308 e. The summed E-state index contributed by atoms with van der Waals surface area (Å²) < 4.78 is 0. The van der Waals surface area contributed by atoms with Gasteiger partial charge in [-0.05, 0) is 33.4 Å². The Morgan fingerprint density at radius 1 is 1.44 bits per heavy atom. The molecule has 1 aliphatic rings. The fraction of sp³-hybridized carbons (Fsp3) is 0.786. The first-order chi connectivity index (χ1) is 8.56. The lowest BCUT2D eigenvalue weighted by atomic mass is 10.2.